The van der Waals surface area contributed by atoms with Crippen LogP contribution in [0.2, 0.25) is 0 Å². The van der Waals surface area contributed by atoms with Crippen molar-refractivity contribution in [3.05, 3.63) is 78.0 Å². The highest BCUT2D eigenvalue weighted by Crippen LogP contribution is 2.20. The van der Waals surface area contributed by atoms with Crippen molar-refractivity contribution in [1.82, 2.24) is 4.90 Å². The lowest BCUT2D eigenvalue weighted by molar-refractivity contribution is 0.105. The lowest BCUT2D eigenvalue weighted by Crippen LogP contribution is -2.09. The molecule has 2 aromatic rings. The van der Waals surface area contributed by atoms with Gasteiger partial charge in [0.2, 0.25) is 0 Å². The average molecular weight is 251 g/mol. The summed E-state index contributed by atoms with van der Waals surface area (Å²) < 4.78 is 0. The van der Waals surface area contributed by atoms with Crippen LogP contribution in [0.1, 0.15) is 15.9 Å². The van der Waals surface area contributed by atoms with E-state index in [2.05, 4.69) is 0 Å². The predicted octanol–water partition coefficient (Wildman–Crippen LogP) is 3.47. The Bertz CT molecular complexity index is 571. The zero-order valence-electron chi connectivity index (χ0n) is 11.2. The summed E-state index contributed by atoms with van der Waals surface area (Å²) in [5.74, 6) is 0.0421. The number of benzene rings is 2. The summed E-state index contributed by atoms with van der Waals surface area (Å²) in [5.41, 5.74) is 2.35. The van der Waals surface area contributed by atoms with Crippen molar-refractivity contribution in [2.75, 3.05) is 14.1 Å². The van der Waals surface area contributed by atoms with E-state index in [1.165, 1.54) is 0 Å². The van der Waals surface area contributed by atoms with Crippen LogP contribution in [0.5, 0.6) is 0 Å². The van der Waals surface area contributed by atoms with Gasteiger partial charge in [0.1, 0.15) is 0 Å². The van der Waals surface area contributed by atoms with Crippen LogP contribution in [0.4, 0.5) is 0 Å². The smallest absolute Gasteiger partial charge is 0.195 e. The van der Waals surface area contributed by atoms with Crippen LogP contribution < -0.4 is 0 Å². The first-order valence-corrected chi connectivity index (χ1v) is 6.22. The second kappa shape index (κ2) is 6.01. The van der Waals surface area contributed by atoms with Crippen molar-refractivity contribution in [2.24, 2.45) is 0 Å². The molecule has 19 heavy (non-hydrogen) atoms. The lowest BCUT2D eigenvalue weighted by Gasteiger charge is -2.11. The van der Waals surface area contributed by atoms with Crippen molar-refractivity contribution < 1.29 is 4.79 Å². The molecule has 0 saturated heterocycles. The Labute approximate surface area is 114 Å². The van der Waals surface area contributed by atoms with Crippen LogP contribution in [-0.2, 0) is 0 Å². The van der Waals surface area contributed by atoms with Crippen LogP contribution in [-0.4, -0.2) is 24.8 Å². The molecular weight excluding hydrogens is 234 g/mol. The van der Waals surface area contributed by atoms with Gasteiger partial charge in [-0.3, -0.25) is 4.79 Å². The molecule has 96 valence electrons. The normalized spacial score (nSPS) is 11.2. The van der Waals surface area contributed by atoms with Crippen molar-refractivity contribution >= 4 is 11.4 Å². The van der Waals surface area contributed by atoms with Crippen LogP contribution in [0.3, 0.4) is 0 Å². The van der Waals surface area contributed by atoms with E-state index in [4.69, 9.17) is 0 Å². The van der Waals surface area contributed by atoms with Gasteiger partial charge in [-0.1, -0.05) is 60.7 Å². The molecule has 0 spiro atoms. The number of allylic oxidation sites excluding steroid dienone is 1. The third-order valence-electron chi connectivity index (χ3n) is 2.75. The fourth-order valence-corrected chi connectivity index (χ4v) is 1.89. The Morgan fingerprint density at radius 1 is 0.842 bits per heavy atom. The third-order valence-corrected chi connectivity index (χ3v) is 2.75. The topological polar surface area (TPSA) is 20.3 Å². The lowest BCUT2D eigenvalue weighted by atomic mass is 9.97. The number of rotatable bonds is 4. The van der Waals surface area contributed by atoms with Crippen molar-refractivity contribution in [3.8, 4) is 0 Å². The van der Waals surface area contributed by atoms with Gasteiger partial charge in [-0.25, -0.2) is 0 Å². The van der Waals surface area contributed by atoms with Crippen LogP contribution in [0.25, 0.3) is 5.57 Å². The summed E-state index contributed by atoms with van der Waals surface area (Å²) >= 11 is 0. The molecule has 0 radical (unpaired) electrons. The molecule has 0 N–H and O–H groups in total. The molecule has 0 fully saturated rings. The molecule has 0 saturated carbocycles. The minimum Gasteiger partial charge on any atom is -0.383 e. The van der Waals surface area contributed by atoms with E-state index in [0.29, 0.717) is 11.1 Å². The summed E-state index contributed by atoms with van der Waals surface area (Å²) in [5, 5.41) is 0. The molecular formula is C17H17NO. The maximum absolute atomic E-state index is 12.6. The molecule has 0 bridgehead atoms. The van der Waals surface area contributed by atoms with E-state index in [1.807, 2.05) is 85.9 Å². The largest absolute Gasteiger partial charge is 0.383 e. The number of ketones is 1. The van der Waals surface area contributed by atoms with Gasteiger partial charge >= 0.3 is 0 Å². The highest BCUT2D eigenvalue weighted by atomic mass is 16.1. The molecule has 2 rings (SSSR count). The SMILES string of the molecule is CN(C)/C=C(\C(=O)c1ccccc1)c1ccccc1. The van der Waals surface area contributed by atoms with Crippen LogP contribution in [0, 0.1) is 0 Å². The van der Waals surface area contributed by atoms with Gasteiger partial charge in [-0.2, -0.15) is 0 Å². The van der Waals surface area contributed by atoms with E-state index >= 15 is 0 Å². The first-order chi connectivity index (χ1) is 9.18. The monoisotopic (exact) mass is 251 g/mol. The molecule has 0 amide bonds. The third kappa shape index (κ3) is 3.32. The first-order valence-electron chi connectivity index (χ1n) is 6.22. The molecule has 0 heterocycles. The summed E-state index contributed by atoms with van der Waals surface area (Å²) in [6.07, 6.45) is 1.87. The second-order valence-corrected chi connectivity index (χ2v) is 4.57. The summed E-state index contributed by atoms with van der Waals surface area (Å²) in [4.78, 5) is 14.5. The Morgan fingerprint density at radius 3 is 1.79 bits per heavy atom. The maximum Gasteiger partial charge on any atom is 0.195 e. The molecule has 2 aromatic carbocycles. The minimum absolute atomic E-state index is 0.0421. The molecule has 0 atom stereocenters. The number of hydrogen-bond acceptors (Lipinski definition) is 2. The second-order valence-electron chi connectivity index (χ2n) is 4.57. The summed E-state index contributed by atoms with van der Waals surface area (Å²) in [7, 11) is 3.84. The zero-order valence-corrected chi connectivity index (χ0v) is 11.2. The molecule has 0 unspecified atom stereocenters. The minimum atomic E-state index is 0.0421. The highest BCUT2D eigenvalue weighted by Gasteiger charge is 2.14. The zero-order chi connectivity index (χ0) is 13.7. The quantitative estimate of drug-likeness (QED) is 0.612. The number of Topliss-reactive ketones (excluding diaryl/α,β-unsaturated/α-hetero) is 1. The Hall–Kier alpha value is -2.35. The van der Waals surface area contributed by atoms with Gasteiger partial charge in [0.25, 0.3) is 0 Å². The fraction of sp³-hybridized carbons (Fsp3) is 0.118. The highest BCUT2D eigenvalue weighted by molar-refractivity contribution is 6.28. The van der Waals surface area contributed by atoms with E-state index < -0.39 is 0 Å². The summed E-state index contributed by atoms with van der Waals surface area (Å²) in [6.45, 7) is 0. The van der Waals surface area contributed by atoms with Gasteiger partial charge in [0, 0.05) is 31.4 Å². The van der Waals surface area contributed by atoms with E-state index in [-0.39, 0.29) is 5.78 Å². The Morgan fingerprint density at radius 2 is 1.32 bits per heavy atom. The molecule has 0 aliphatic rings. The van der Waals surface area contributed by atoms with Gasteiger partial charge in [-0.05, 0) is 5.56 Å². The van der Waals surface area contributed by atoms with Crippen LogP contribution in [0.15, 0.2) is 66.9 Å². The summed E-state index contributed by atoms with van der Waals surface area (Å²) in [6, 6.07) is 19.1. The number of carbonyl (C=O) groups excluding carboxylic acids is 1. The van der Waals surface area contributed by atoms with Gasteiger partial charge in [0.05, 0.1) is 0 Å². The van der Waals surface area contributed by atoms with Crippen molar-refractivity contribution in [2.45, 2.75) is 0 Å². The van der Waals surface area contributed by atoms with E-state index in [1.54, 1.807) is 0 Å². The Kier molecular flexibility index (Phi) is 4.14. The molecule has 2 heteroatoms. The number of hydrogen-bond donors (Lipinski definition) is 0. The Balaban J connectivity index is 2.43. The van der Waals surface area contributed by atoms with E-state index in [0.717, 1.165) is 5.56 Å². The van der Waals surface area contributed by atoms with Crippen molar-refractivity contribution in [3.63, 3.8) is 0 Å². The molecule has 2 nitrogen and oxygen atoms in total. The predicted molar refractivity (Wildman–Crippen MR) is 78.9 cm³/mol. The standard InChI is InChI=1S/C17H17NO/c1-18(2)13-16(14-9-5-3-6-10-14)17(19)15-11-7-4-8-12-15/h3-13H,1-2H3/b16-13-. The average Bonchev–Trinajstić information content (AvgIpc) is 2.46. The molecule has 0 aliphatic carbocycles. The first kappa shape index (κ1) is 13.1. The fourth-order valence-electron chi connectivity index (χ4n) is 1.89. The van der Waals surface area contributed by atoms with Crippen molar-refractivity contribution in [1.29, 1.82) is 0 Å². The maximum atomic E-state index is 12.6. The molecule has 0 aliphatic heterocycles. The van der Waals surface area contributed by atoms with Gasteiger partial charge in [0.15, 0.2) is 5.78 Å². The van der Waals surface area contributed by atoms with Gasteiger partial charge < -0.3 is 4.90 Å². The van der Waals surface area contributed by atoms with Gasteiger partial charge in [-0.15, -0.1) is 0 Å². The number of carbonyl (C=O) groups is 1. The molecule has 0 aromatic heterocycles. The van der Waals surface area contributed by atoms with E-state index in [9.17, 15) is 4.79 Å². The van der Waals surface area contributed by atoms with Crippen LogP contribution >= 0.6 is 0 Å². The number of nitrogens with zero attached hydrogens (tertiary/aromatic N) is 1.